The summed E-state index contributed by atoms with van der Waals surface area (Å²) < 4.78 is 26.3. The summed E-state index contributed by atoms with van der Waals surface area (Å²) in [5.74, 6) is -1.34. The van der Waals surface area contributed by atoms with Crippen molar-refractivity contribution < 1.29 is 13.6 Å². The van der Waals surface area contributed by atoms with E-state index in [1.54, 1.807) is 12.1 Å². The molecule has 0 atom stereocenters. The smallest absolute Gasteiger partial charge is 0.187 e. The van der Waals surface area contributed by atoms with Crippen LogP contribution in [0.2, 0.25) is 0 Å². The van der Waals surface area contributed by atoms with Crippen molar-refractivity contribution in [2.45, 2.75) is 13.8 Å². The molecule has 0 aliphatic carbocycles. The van der Waals surface area contributed by atoms with E-state index in [9.17, 15) is 13.6 Å². The molecule has 0 bridgehead atoms. The van der Waals surface area contributed by atoms with Crippen LogP contribution in [0.5, 0.6) is 0 Å². The SMILES string of the molecule is Cc1ccc(C(=O)/C=C/Nc2cc(F)ccc2F)cc1C. The van der Waals surface area contributed by atoms with E-state index in [4.69, 9.17) is 0 Å². The third kappa shape index (κ3) is 3.75. The summed E-state index contributed by atoms with van der Waals surface area (Å²) in [6.07, 6.45) is 2.59. The molecule has 0 aliphatic rings. The Morgan fingerprint density at radius 3 is 2.52 bits per heavy atom. The number of anilines is 1. The number of rotatable bonds is 4. The van der Waals surface area contributed by atoms with Gasteiger partial charge in [-0.1, -0.05) is 12.1 Å². The number of benzene rings is 2. The Labute approximate surface area is 122 Å². The van der Waals surface area contributed by atoms with Gasteiger partial charge in [0.2, 0.25) is 0 Å². The lowest BCUT2D eigenvalue weighted by Gasteiger charge is -2.03. The summed E-state index contributed by atoms with van der Waals surface area (Å²) in [6.45, 7) is 3.89. The molecule has 0 saturated heterocycles. The maximum atomic E-state index is 13.4. The molecule has 2 aromatic rings. The second-order valence-corrected chi connectivity index (χ2v) is 4.77. The van der Waals surface area contributed by atoms with Crippen LogP contribution in [0.3, 0.4) is 0 Å². The summed E-state index contributed by atoms with van der Waals surface area (Å²) in [4.78, 5) is 12.0. The van der Waals surface area contributed by atoms with Crippen LogP contribution >= 0.6 is 0 Å². The third-order valence-electron chi connectivity index (χ3n) is 3.19. The number of carbonyl (C=O) groups excluding carboxylic acids is 1. The molecule has 2 aromatic carbocycles. The molecular weight excluding hydrogens is 272 g/mol. The average molecular weight is 287 g/mol. The Kier molecular flexibility index (Phi) is 4.48. The van der Waals surface area contributed by atoms with E-state index in [1.807, 2.05) is 19.9 Å². The summed E-state index contributed by atoms with van der Waals surface area (Å²) in [7, 11) is 0. The van der Waals surface area contributed by atoms with Gasteiger partial charge in [0.25, 0.3) is 0 Å². The van der Waals surface area contributed by atoms with E-state index in [0.717, 1.165) is 29.3 Å². The van der Waals surface area contributed by atoms with Crippen molar-refractivity contribution >= 4 is 11.5 Å². The number of halogens is 2. The van der Waals surface area contributed by atoms with Crippen LogP contribution in [-0.4, -0.2) is 5.78 Å². The fourth-order valence-electron chi connectivity index (χ4n) is 1.81. The first-order valence-electron chi connectivity index (χ1n) is 6.47. The van der Waals surface area contributed by atoms with Crippen molar-refractivity contribution in [3.8, 4) is 0 Å². The summed E-state index contributed by atoms with van der Waals surface area (Å²) >= 11 is 0. The zero-order valence-corrected chi connectivity index (χ0v) is 11.8. The first kappa shape index (κ1) is 14.9. The Morgan fingerprint density at radius 2 is 1.81 bits per heavy atom. The molecule has 1 N–H and O–H groups in total. The van der Waals surface area contributed by atoms with Crippen molar-refractivity contribution in [1.29, 1.82) is 0 Å². The number of allylic oxidation sites excluding steroid dienone is 1. The van der Waals surface area contributed by atoms with Gasteiger partial charge in [0.1, 0.15) is 11.6 Å². The summed E-state index contributed by atoms with van der Waals surface area (Å²) in [6, 6.07) is 8.49. The second-order valence-electron chi connectivity index (χ2n) is 4.77. The minimum absolute atomic E-state index is 0.0147. The van der Waals surface area contributed by atoms with Crippen molar-refractivity contribution in [1.82, 2.24) is 0 Å². The molecular formula is C17H15F2NO. The fraction of sp³-hybridized carbons (Fsp3) is 0.118. The molecule has 2 nitrogen and oxygen atoms in total. The number of hydrogen-bond donors (Lipinski definition) is 1. The van der Waals surface area contributed by atoms with Gasteiger partial charge >= 0.3 is 0 Å². The van der Waals surface area contributed by atoms with Crippen LogP contribution in [-0.2, 0) is 0 Å². The molecule has 0 saturated carbocycles. The average Bonchev–Trinajstić information content (AvgIpc) is 2.45. The first-order chi connectivity index (χ1) is 9.97. The molecule has 0 unspecified atom stereocenters. The summed E-state index contributed by atoms with van der Waals surface area (Å²) in [5, 5.41) is 2.56. The van der Waals surface area contributed by atoms with E-state index >= 15 is 0 Å². The maximum absolute atomic E-state index is 13.4. The lowest BCUT2D eigenvalue weighted by Crippen LogP contribution is -1.98. The van der Waals surface area contributed by atoms with Crippen molar-refractivity contribution in [2.24, 2.45) is 0 Å². The van der Waals surface area contributed by atoms with Crippen LogP contribution in [0.1, 0.15) is 21.5 Å². The van der Waals surface area contributed by atoms with Gasteiger partial charge in [-0.15, -0.1) is 0 Å². The molecule has 108 valence electrons. The van der Waals surface area contributed by atoms with Crippen LogP contribution in [0.25, 0.3) is 0 Å². The molecule has 0 heterocycles. The van der Waals surface area contributed by atoms with Gasteiger partial charge in [0.15, 0.2) is 5.78 Å². The van der Waals surface area contributed by atoms with Gasteiger partial charge in [-0.25, -0.2) is 8.78 Å². The Balaban J connectivity index is 2.08. The molecule has 0 spiro atoms. The maximum Gasteiger partial charge on any atom is 0.187 e. The monoisotopic (exact) mass is 287 g/mol. The lowest BCUT2D eigenvalue weighted by molar-refractivity contribution is 0.104. The molecule has 21 heavy (non-hydrogen) atoms. The topological polar surface area (TPSA) is 29.1 Å². The van der Waals surface area contributed by atoms with Crippen molar-refractivity contribution in [3.05, 3.63) is 77.0 Å². The minimum Gasteiger partial charge on any atom is -0.359 e. The highest BCUT2D eigenvalue weighted by molar-refractivity contribution is 6.04. The number of nitrogens with one attached hydrogen (secondary N) is 1. The highest BCUT2D eigenvalue weighted by Crippen LogP contribution is 2.15. The lowest BCUT2D eigenvalue weighted by atomic mass is 10.0. The Hall–Kier alpha value is -2.49. The van der Waals surface area contributed by atoms with Crippen LogP contribution < -0.4 is 5.32 Å². The third-order valence-corrected chi connectivity index (χ3v) is 3.19. The second kappa shape index (κ2) is 6.31. The van der Waals surface area contributed by atoms with E-state index in [0.29, 0.717) is 5.56 Å². The normalized spacial score (nSPS) is 10.9. The highest BCUT2D eigenvalue weighted by Gasteiger charge is 2.04. The standard InChI is InChI=1S/C17H15F2NO/c1-11-3-4-13(9-12(11)2)17(21)7-8-20-16-10-14(18)5-6-15(16)19/h3-10,20H,1-2H3/b8-7+. The van der Waals surface area contributed by atoms with Gasteiger partial charge in [-0.05, 0) is 43.2 Å². The molecule has 0 aliphatic heterocycles. The predicted octanol–water partition coefficient (Wildman–Crippen LogP) is 4.39. The van der Waals surface area contributed by atoms with E-state index in [1.165, 1.54) is 12.3 Å². The van der Waals surface area contributed by atoms with E-state index in [2.05, 4.69) is 5.32 Å². The van der Waals surface area contributed by atoms with Gasteiger partial charge in [-0.3, -0.25) is 4.79 Å². The molecule has 0 aromatic heterocycles. The molecule has 0 amide bonds. The number of hydrogen-bond acceptors (Lipinski definition) is 2. The number of ketones is 1. The predicted molar refractivity (Wildman–Crippen MR) is 79.4 cm³/mol. The fourth-order valence-corrected chi connectivity index (χ4v) is 1.81. The largest absolute Gasteiger partial charge is 0.359 e. The van der Waals surface area contributed by atoms with Gasteiger partial charge < -0.3 is 5.32 Å². The number of carbonyl (C=O) groups is 1. The summed E-state index contributed by atoms with van der Waals surface area (Å²) in [5.41, 5.74) is 2.67. The van der Waals surface area contributed by atoms with E-state index < -0.39 is 11.6 Å². The quantitative estimate of drug-likeness (QED) is 0.667. The Bertz CT molecular complexity index is 708. The van der Waals surface area contributed by atoms with Crippen LogP contribution in [0.4, 0.5) is 14.5 Å². The van der Waals surface area contributed by atoms with Crippen LogP contribution in [0.15, 0.2) is 48.7 Å². The Morgan fingerprint density at radius 1 is 1.05 bits per heavy atom. The zero-order chi connectivity index (χ0) is 15.4. The first-order valence-corrected chi connectivity index (χ1v) is 6.47. The molecule has 4 heteroatoms. The zero-order valence-electron chi connectivity index (χ0n) is 11.8. The van der Waals surface area contributed by atoms with Crippen LogP contribution in [0, 0.1) is 25.5 Å². The molecule has 2 rings (SSSR count). The molecule has 0 fully saturated rings. The minimum atomic E-state index is -0.584. The highest BCUT2D eigenvalue weighted by atomic mass is 19.1. The molecule has 0 radical (unpaired) electrons. The van der Waals surface area contributed by atoms with Gasteiger partial charge in [0, 0.05) is 23.9 Å². The van der Waals surface area contributed by atoms with Gasteiger partial charge in [0.05, 0.1) is 5.69 Å². The number of aryl methyl sites for hydroxylation is 2. The van der Waals surface area contributed by atoms with Crippen molar-refractivity contribution in [3.63, 3.8) is 0 Å². The van der Waals surface area contributed by atoms with E-state index in [-0.39, 0.29) is 11.5 Å². The van der Waals surface area contributed by atoms with Gasteiger partial charge in [-0.2, -0.15) is 0 Å². The van der Waals surface area contributed by atoms with Crippen molar-refractivity contribution in [2.75, 3.05) is 5.32 Å².